The van der Waals surface area contributed by atoms with Crippen molar-refractivity contribution in [2.45, 2.75) is 39.5 Å². The molecule has 0 saturated heterocycles. The zero-order valence-corrected chi connectivity index (χ0v) is 12.0. The van der Waals surface area contributed by atoms with Crippen molar-refractivity contribution in [3.63, 3.8) is 0 Å². The number of rotatable bonds is 0. The third-order valence-corrected chi connectivity index (χ3v) is 3.00. The van der Waals surface area contributed by atoms with Crippen LogP contribution in [0.5, 0.6) is 0 Å². The molecule has 1 amide bonds. The summed E-state index contributed by atoms with van der Waals surface area (Å²) in [5.41, 5.74) is 1.25. The number of amides is 1. The first-order valence-electron chi connectivity index (χ1n) is 5.58. The molecule has 0 atom stereocenters. The van der Waals surface area contributed by atoms with Crippen LogP contribution >= 0.6 is 23.2 Å². The first-order chi connectivity index (χ1) is 8.26. The molecule has 0 fully saturated rings. The third kappa shape index (κ3) is 2.87. The van der Waals surface area contributed by atoms with E-state index in [9.17, 15) is 4.79 Å². The summed E-state index contributed by atoms with van der Waals surface area (Å²) < 4.78 is 5.31. The molecular formula is C12H14Cl2N2O2. The van der Waals surface area contributed by atoms with Crippen LogP contribution in [0.25, 0.3) is 0 Å². The van der Waals surface area contributed by atoms with Crippen molar-refractivity contribution in [1.82, 2.24) is 9.88 Å². The topological polar surface area (TPSA) is 42.4 Å². The monoisotopic (exact) mass is 288 g/mol. The Bertz CT molecular complexity index is 498. The third-order valence-electron chi connectivity index (χ3n) is 2.50. The molecule has 98 valence electrons. The normalized spacial score (nSPS) is 14.6. The molecule has 2 heterocycles. The summed E-state index contributed by atoms with van der Waals surface area (Å²) in [5, 5.41) is 0.688. The predicted octanol–water partition coefficient (Wildman–Crippen LogP) is 3.64. The number of pyridine rings is 1. The Balaban J connectivity index is 2.15. The van der Waals surface area contributed by atoms with Gasteiger partial charge in [-0.05, 0) is 32.4 Å². The Labute approximate surface area is 116 Å². The molecule has 1 aromatic rings. The highest BCUT2D eigenvalue weighted by Gasteiger charge is 2.29. The van der Waals surface area contributed by atoms with Crippen LogP contribution in [0.2, 0.25) is 10.3 Å². The van der Waals surface area contributed by atoms with Gasteiger partial charge in [0, 0.05) is 12.1 Å². The van der Waals surface area contributed by atoms with Crippen LogP contribution in [-0.4, -0.2) is 21.6 Å². The number of carbonyl (C=O) groups is 1. The molecular weight excluding hydrogens is 275 g/mol. The molecule has 0 bridgehead atoms. The maximum atomic E-state index is 11.9. The number of fused-ring (bicyclic) bond motifs is 1. The second-order valence-corrected chi connectivity index (χ2v) is 5.96. The van der Waals surface area contributed by atoms with Gasteiger partial charge in [0.05, 0.1) is 6.54 Å². The van der Waals surface area contributed by atoms with Gasteiger partial charge in [0.25, 0.3) is 0 Å². The molecule has 0 aromatic carbocycles. The average molecular weight is 289 g/mol. The fourth-order valence-corrected chi connectivity index (χ4v) is 2.30. The van der Waals surface area contributed by atoms with Gasteiger partial charge in [-0.1, -0.05) is 23.2 Å². The smallest absolute Gasteiger partial charge is 0.410 e. The molecule has 0 radical (unpaired) electrons. The number of ether oxygens (including phenoxy) is 1. The summed E-state index contributed by atoms with van der Waals surface area (Å²) in [7, 11) is 0. The highest BCUT2D eigenvalue weighted by molar-refractivity contribution is 6.33. The highest BCUT2D eigenvalue weighted by atomic mass is 35.5. The molecule has 2 rings (SSSR count). The van der Waals surface area contributed by atoms with E-state index in [1.807, 2.05) is 20.8 Å². The van der Waals surface area contributed by atoms with Crippen LogP contribution in [0.15, 0.2) is 6.07 Å². The molecule has 0 saturated carbocycles. The number of aromatic nitrogens is 1. The van der Waals surface area contributed by atoms with Crippen molar-refractivity contribution in [2.24, 2.45) is 0 Å². The number of carbonyl (C=O) groups excluding carboxylic acids is 1. The minimum Gasteiger partial charge on any atom is -0.444 e. The standard InChI is InChI=1S/C12H14Cl2N2O2/c1-12(2,3)18-11(17)16-5-7-4-9(13)15-10(14)8(7)6-16/h4H,5-6H2,1-3H3. The van der Waals surface area contributed by atoms with E-state index >= 15 is 0 Å². The summed E-state index contributed by atoms with van der Waals surface area (Å²) in [5.74, 6) is 0. The minimum atomic E-state index is -0.508. The molecule has 1 aliphatic rings. The van der Waals surface area contributed by atoms with Crippen LogP contribution in [0.4, 0.5) is 4.79 Å². The molecule has 1 aliphatic heterocycles. The number of hydrogen-bond acceptors (Lipinski definition) is 3. The second-order valence-electron chi connectivity index (χ2n) is 5.21. The SMILES string of the molecule is CC(C)(C)OC(=O)N1Cc2cc(Cl)nc(Cl)c2C1. The molecule has 0 N–H and O–H groups in total. The summed E-state index contributed by atoms with van der Waals surface area (Å²) in [6, 6.07) is 1.73. The van der Waals surface area contributed by atoms with E-state index in [-0.39, 0.29) is 6.09 Å². The van der Waals surface area contributed by atoms with Gasteiger partial charge in [-0.3, -0.25) is 4.90 Å². The van der Waals surface area contributed by atoms with Gasteiger partial charge in [0.1, 0.15) is 15.9 Å². The number of nitrogens with zero attached hydrogens (tertiary/aromatic N) is 2. The van der Waals surface area contributed by atoms with Gasteiger partial charge in [0.2, 0.25) is 0 Å². The van der Waals surface area contributed by atoms with E-state index in [2.05, 4.69) is 4.98 Å². The Morgan fingerprint density at radius 1 is 1.39 bits per heavy atom. The summed E-state index contributed by atoms with van der Waals surface area (Å²) in [4.78, 5) is 17.5. The molecule has 18 heavy (non-hydrogen) atoms. The highest BCUT2D eigenvalue weighted by Crippen LogP contribution is 2.30. The lowest BCUT2D eigenvalue weighted by atomic mass is 10.2. The van der Waals surface area contributed by atoms with Gasteiger partial charge in [0.15, 0.2) is 0 Å². The van der Waals surface area contributed by atoms with Crippen molar-refractivity contribution < 1.29 is 9.53 Å². The van der Waals surface area contributed by atoms with Crippen LogP contribution in [0, 0.1) is 0 Å². The van der Waals surface area contributed by atoms with Crippen molar-refractivity contribution in [1.29, 1.82) is 0 Å². The molecule has 4 nitrogen and oxygen atoms in total. The lowest BCUT2D eigenvalue weighted by molar-refractivity contribution is 0.0242. The second kappa shape index (κ2) is 4.59. The largest absolute Gasteiger partial charge is 0.444 e. The van der Waals surface area contributed by atoms with E-state index < -0.39 is 5.60 Å². The van der Waals surface area contributed by atoms with Gasteiger partial charge < -0.3 is 4.74 Å². The maximum Gasteiger partial charge on any atom is 0.410 e. The van der Waals surface area contributed by atoms with Crippen molar-refractivity contribution in [2.75, 3.05) is 0 Å². The fraction of sp³-hybridized carbons (Fsp3) is 0.500. The van der Waals surface area contributed by atoms with Crippen LogP contribution in [0.3, 0.4) is 0 Å². The van der Waals surface area contributed by atoms with Gasteiger partial charge >= 0.3 is 6.09 Å². The first kappa shape index (κ1) is 13.4. The quantitative estimate of drug-likeness (QED) is 0.685. The van der Waals surface area contributed by atoms with Crippen LogP contribution < -0.4 is 0 Å². The number of hydrogen-bond donors (Lipinski definition) is 0. The Hall–Kier alpha value is -1.00. The molecule has 0 spiro atoms. The van der Waals surface area contributed by atoms with Crippen molar-refractivity contribution in [3.05, 3.63) is 27.5 Å². The Morgan fingerprint density at radius 3 is 2.67 bits per heavy atom. The van der Waals surface area contributed by atoms with Gasteiger partial charge in [-0.2, -0.15) is 0 Å². The van der Waals surface area contributed by atoms with Gasteiger partial charge in [-0.25, -0.2) is 9.78 Å². The minimum absolute atomic E-state index is 0.338. The lowest BCUT2D eigenvalue weighted by Crippen LogP contribution is -2.33. The first-order valence-corrected chi connectivity index (χ1v) is 6.33. The summed E-state index contributed by atoms with van der Waals surface area (Å²) in [6.45, 7) is 6.36. The van der Waals surface area contributed by atoms with E-state index in [0.29, 0.717) is 23.4 Å². The maximum absolute atomic E-state index is 11.9. The van der Waals surface area contributed by atoms with E-state index in [0.717, 1.165) is 11.1 Å². The van der Waals surface area contributed by atoms with Crippen LogP contribution in [0.1, 0.15) is 31.9 Å². The predicted molar refractivity (Wildman–Crippen MR) is 69.7 cm³/mol. The summed E-state index contributed by atoms with van der Waals surface area (Å²) in [6.07, 6.45) is -0.356. The van der Waals surface area contributed by atoms with Crippen molar-refractivity contribution in [3.8, 4) is 0 Å². The van der Waals surface area contributed by atoms with Crippen molar-refractivity contribution >= 4 is 29.3 Å². The van der Waals surface area contributed by atoms with Gasteiger partial charge in [-0.15, -0.1) is 0 Å². The molecule has 1 aromatic heterocycles. The zero-order valence-electron chi connectivity index (χ0n) is 10.5. The fourth-order valence-electron chi connectivity index (χ4n) is 1.77. The lowest BCUT2D eigenvalue weighted by Gasteiger charge is -2.24. The molecule has 6 heteroatoms. The molecule has 0 unspecified atom stereocenters. The van der Waals surface area contributed by atoms with E-state index in [1.54, 1.807) is 11.0 Å². The Morgan fingerprint density at radius 2 is 2.06 bits per heavy atom. The summed E-state index contributed by atoms with van der Waals surface area (Å²) >= 11 is 11.8. The average Bonchev–Trinajstić information content (AvgIpc) is 2.58. The van der Waals surface area contributed by atoms with E-state index in [4.69, 9.17) is 27.9 Å². The zero-order chi connectivity index (χ0) is 13.5. The van der Waals surface area contributed by atoms with Crippen LogP contribution in [-0.2, 0) is 17.8 Å². The number of halogens is 2. The van der Waals surface area contributed by atoms with E-state index in [1.165, 1.54) is 0 Å². The molecule has 0 aliphatic carbocycles. The Kier molecular flexibility index (Phi) is 3.43.